The van der Waals surface area contributed by atoms with Crippen molar-refractivity contribution < 1.29 is 27.9 Å². The maximum atomic E-state index is 11.3. The Morgan fingerprint density at radius 2 is 1.73 bits per heavy atom. The van der Waals surface area contributed by atoms with Gasteiger partial charge in [0.05, 0.1) is 10.6 Å². The van der Waals surface area contributed by atoms with Gasteiger partial charge in [0.2, 0.25) is 0 Å². The number of alkyl halides is 3. The number of nitrogens with zero attached hydrogens (tertiary/aromatic N) is 1. The highest BCUT2D eigenvalue weighted by Crippen LogP contribution is 2.42. The number of hydrogen-bond donors (Lipinski definition) is 3. The summed E-state index contributed by atoms with van der Waals surface area (Å²) < 4.78 is 31.7. The first-order chi connectivity index (χ1) is 12.1. The molecular formula is C16H16F3N3O3S. The SMILES string of the molecule is NC(=O)c1nc([C@H]2C[C@H](N)C2)c(-c2ccccc2)s1.O=C(O)C(F)(F)F. The maximum Gasteiger partial charge on any atom is 0.490 e. The zero-order chi connectivity index (χ0) is 19.5. The van der Waals surface area contributed by atoms with Crippen LogP contribution in [-0.4, -0.2) is 34.2 Å². The van der Waals surface area contributed by atoms with Crippen molar-refractivity contribution in [3.05, 3.63) is 41.0 Å². The van der Waals surface area contributed by atoms with Crippen molar-refractivity contribution in [2.45, 2.75) is 31.0 Å². The molecule has 0 atom stereocenters. The molecule has 2 aromatic rings. The van der Waals surface area contributed by atoms with Gasteiger partial charge in [0.25, 0.3) is 5.91 Å². The van der Waals surface area contributed by atoms with E-state index in [-0.39, 0.29) is 6.04 Å². The van der Waals surface area contributed by atoms with Gasteiger partial charge in [0.15, 0.2) is 5.01 Å². The number of aliphatic carboxylic acids is 1. The van der Waals surface area contributed by atoms with Gasteiger partial charge >= 0.3 is 12.1 Å². The molecule has 26 heavy (non-hydrogen) atoms. The fraction of sp³-hybridized carbons (Fsp3) is 0.312. The lowest BCUT2D eigenvalue weighted by Crippen LogP contribution is -2.35. The van der Waals surface area contributed by atoms with Gasteiger partial charge in [-0.2, -0.15) is 13.2 Å². The van der Waals surface area contributed by atoms with E-state index in [4.69, 9.17) is 21.4 Å². The van der Waals surface area contributed by atoms with Crippen LogP contribution in [0.25, 0.3) is 10.4 Å². The molecule has 0 unspecified atom stereocenters. The fourth-order valence-corrected chi connectivity index (χ4v) is 3.40. The summed E-state index contributed by atoms with van der Waals surface area (Å²) in [6.07, 6.45) is -3.22. The molecule has 5 N–H and O–H groups in total. The number of primary amides is 1. The third-order valence-corrected chi connectivity index (χ3v) is 4.84. The van der Waals surface area contributed by atoms with Gasteiger partial charge < -0.3 is 16.6 Å². The summed E-state index contributed by atoms with van der Waals surface area (Å²) in [5.74, 6) is -2.86. The van der Waals surface area contributed by atoms with E-state index in [0.717, 1.165) is 29.0 Å². The second-order valence-electron chi connectivity index (χ2n) is 5.69. The van der Waals surface area contributed by atoms with Crippen molar-refractivity contribution in [2.24, 2.45) is 11.5 Å². The van der Waals surface area contributed by atoms with Crippen molar-refractivity contribution in [1.29, 1.82) is 0 Å². The second-order valence-corrected chi connectivity index (χ2v) is 6.69. The van der Waals surface area contributed by atoms with Crippen molar-refractivity contribution >= 4 is 23.2 Å². The molecule has 0 bridgehead atoms. The molecule has 1 saturated carbocycles. The predicted molar refractivity (Wildman–Crippen MR) is 89.7 cm³/mol. The molecule has 140 valence electrons. The van der Waals surface area contributed by atoms with Gasteiger partial charge in [-0.05, 0) is 18.4 Å². The van der Waals surface area contributed by atoms with Crippen LogP contribution < -0.4 is 11.5 Å². The van der Waals surface area contributed by atoms with E-state index >= 15 is 0 Å². The van der Waals surface area contributed by atoms with E-state index in [1.807, 2.05) is 30.3 Å². The molecule has 0 aliphatic heterocycles. The van der Waals surface area contributed by atoms with E-state index < -0.39 is 18.1 Å². The number of carboxylic acid groups (broad SMARTS) is 1. The van der Waals surface area contributed by atoms with Gasteiger partial charge in [-0.15, -0.1) is 11.3 Å². The molecule has 1 fully saturated rings. The number of rotatable bonds is 3. The van der Waals surface area contributed by atoms with E-state index in [0.29, 0.717) is 10.9 Å². The quantitative estimate of drug-likeness (QED) is 0.748. The van der Waals surface area contributed by atoms with Crippen LogP contribution in [0.15, 0.2) is 30.3 Å². The number of amides is 1. The molecule has 0 saturated heterocycles. The Hall–Kier alpha value is -2.46. The van der Waals surface area contributed by atoms with Crippen LogP contribution in [0, 0.1) is 0 Å². The lowest BCUT2D eigenvalue weighted by atomic mass is 9.78. The molecule has 1 aliphatic rings. The summed E-state index contributed by atoms with van der Waals surface area (Å²) in [7, 11) is 0. The minimum absolute atomic E-state index is 0.257. The average Bonchev–Trinajstić information content (AvgIpc) is 2.97. The highest BCUT2D eigenvalue weighted by molar-refractivity contribution is 7.17. The predicted octanol–water partition coefficient (Wildman–Crippen LogP) is 2.75. The molecule has 1 amide bonds. The van der Waals surface area contributed by atoms with Crippen molar-refractivity contribution in [3.8, 4) is 10.4 Å². The average molecular weight is 387 g/mol. The van der Waals surface area contributed by atoms with E-state index in [9.17, 15) is 18.0 Å². The van der Waals surface area contributed by atoms with Crippen LogP contribution in [0.2, 0.25) is 0 Å². The zero-order valence-corrected chi connectivity index (χ0v) is 14.2. The molecule has 1 aromatic heterocycles. The summed E-state index contributed by atoms with van der Waals surface area (Å²) in [6.45, 7) is 0. The summed E-state index contributed by atoms with van der Waals surface area (Å²) >= 11 is 1.37. The third-order valence-electron chi connectivity index (χ3n) is 3.70. The molecule has 3 rings (SSSR count). The van der Waals surface area contributed by atoms with Crippen LogP contribution in [0.5, 0.6) is 0 Å². The van der Waals surface area contributed by atoms with E-state index in [1.54, 1.807) is 0 Å². The van der Waals surface area contributed by atoms with Gasteiger partial charge in [0.1, 0.15) is 0 Å². The topological polar surface area (TPSA) is 119 Å². The standard InChI is InChI=1S/C14H15N3OS.C2HF3O2/c15-10-6-9(7-10)11-12(8-4-2-1-3-5-8)19-14(17-11)13(16)18;3-2(4,5)1(6)7/h1-5,9-10H,6-7,15H2,(H2,16,18);(H,6,7)/t9-,10-;. The Morgan fingerprint density at radius 1 is 1.19 bits per heavy atom. The van der Waals surface area contributed by atoms with E-state index in [1.165, 1.54) is 11.3 Å². The number of hydrogen-bond acceptors (Lipinski definition) is 5. The molecule has 0 spiro atoms. The van der Waals surface area contributed by atoms with Crippen LogP contribution in [-0.2, 0) is 4.79 Å². The van der Waals surface area contributed by atoms with Gasteiger partial charge in [-0.25, -0.2) is 9.78 Å². The molecule has 1 aromatic carbocycles. The lowest BCUT2D eigenvalue weighted by molar-refractivity contribution is -0.192. The largest absolute Gasteiger partial charge is 0.490 e. The normalized spacial score (nSPS) is 19.1. The Labute approximate surface area is 150 Å². The minimum Gasteiger partial charge on any atom is -0.475 e. The number of carbonyl (C=O) groups excluding carboxylic acids is 1. The number of nitrogens with two attached hydrogens (primary N) is 2. The third kappa shape index (κ3) is 4.79. The smallest absolute Gasteiger partial charge is 0.475 e. The highest BCUT2D eigenvalue weighted by Gasteiger charge is 2.38. The van der Waals surface area contributed by atoms with E-state index in [2.05, 4.69) is 4.98 Å². The summed E-state index contributed by atoms with van der Waals surface area (Å²) in [6, 6.07) is 10.2. The number of carboxylic acids is 1. The number of benzene rings is 1. The molecule has 1 aliphatic carbocycles. The summed E-state index contributed by atoms with van der Waals surface area (Å²) in [4.78, 5) is 25.7. The summed E-state index contributed by atoms with van der Waals surface area (Å²) in [5, 5.41) is 7.51. The van der Waals surface area contributed by atoms with Crippen LogP contribution in [0.4, 0.5) is 13.2 Å². The minimum atomic E-state index is -5.08. The van der Waals surface area contributed by atoms with Gasteiger partial charge in [-0.1, -0.05) is 30.3 Å². The van der Waals surface area contributed by atoms with Crippen molar-refractivity contribution in [1.82, 2.24) is 4.98 Å². The Bertz CT molecular complexity index is 787. The van der Waals surface area contributed by atoms with Gasteiger partial charge in [0, 0.05) is 12.0 Å². The number of aromatic nitrogens is 1. The zero-order valence-electron chi connectivity index (χ0n) is 13.4. The monoisotopic (exact) mass is 387 g/mol. The molecule has 0 radical (unpaired) electrons. The van der Waals surface area contributed by atoms with Crippen molar-refractivity contribution in [2.75, 3.05) is 0 Å². The number of halogens is 3. The van der Waals surface area contributed by atoms with Crippen molar-refractivity contribution in [3.63, 3.8) is 0 Å². The summed E-state index contributed by atoms with van der Waals surface area (Å²) in [5.41, 5.74) is 13.3. The molecular weight excluding hydrogens is 371 g/mol. The maximum absolute atomic E-state index is 11.3. The Morgan fingerprint density at radius 3 is 2.15 bits per heavy atom. The molecule has 10 heteroatoms. The highest BCUT2D eigenvalue weighted by atomic mass is 32.1. The number of thiazole rings is 1. The lowest BCUT2D eigenvalue weighted by Gasteiger charge is -2.31. The van der Waals surface area contributed by atoms with Crippen LogP contribution >= 0.6 is 11.3 Å². The first-order valence-electron chi connectivity index (χ1n) is 7.51. The first kappa shape index (κ1) is 19.9. The molecule has 1 heterocycles. The fourth-order valence-electron chi connectivity index (χ4n) is 2.40. The molecule has 6 nitrogen and oxygen atoms in total. The first-order valence-corrected chi connectivity index (χ1v) is 8.33. The second kappa shape index (κ2) is 7.83. The van der Waals surface area contributed by atoms with Crippen LogP contribution in [0.3, 0.4) is 0 Å². The Kier molecular flexibility index (Phi) is 5.98. The number of carbonyl (C=O) groups is 2. The Balaban J connectivity index is 0.000000298. The van der Waals surface area contributed by atoms with Gasteiger partial charge in [-0.3, -0.25) is 4.79 Å². The van der Waals surface area contributed by atoms with Crippen LogP contribution in [0.1, 0.15) is 34.3 Å².